The van der Waals surface area contributed by atoms with Crippen LogP contribution in [0.2, 0.25) is 5.02 Å². The fourth-order valence-electron chi connectivity index (χ4n) is 2.58. The van der Waals surface area contributed by atoms with Crippen molar-refractivity contribution in [3.8, 4) is 11.3 Å². The molecule has 19 heavy (non-hydrogen) atoms. The second-order valence-corrected chi connectivity index (χ2v) is 5.37. The predicted octanol–water partition coefficient (Wildman–Crippen LogP) is 3.86. The second-order valence-electron chi connectivity index (χ2n) is 4.97. The molecule has 4 heteroatoms. The van der Waals surface area contributed by atoms with E-state index in [9.17, 15) is 0 Å². The van der Waals surface area contributed by atoms with Crippen LogP contribution in [0.15, 0.2) is 30.3 Å². The van der Waals surface area contributed by atoms with E-state index in [-0.39, 0.29) is 0 Å². The zero-order valence-corrected chi connectivity index (χ0v) is 11.7. The van der Waals surface area contributed by atoms with Crippen molar-refractivity contribution in [1.29, 1.82) is 0 Å². The number of aryl methyl sites for hydroxylation is 1. The quantitative estimate of drug-likeness (QED) is 0.833. The molecule has 1 aliphatic heterocycles. The number of hydrogen-bond acceptors (Lipinski definition) is 2. The number of benzene rings is 1. The number of ether oxygens (including phenoxy) is 1. The Kier molecular flexibility index (Phi) is 3.58. The van der Waals surface area contributed by atoms with Gasteiger partial charge in [0.05, 0.1) is 24.0 Å². The molecule has 1 aliphatic rings. The summed E-state index contributed by atoms with van der Waals surface area (Å²) in [7, 11) is 0. The first-order valence-electron chi connectivity index (χ1n) is 6.64. The van der Waals surface area contributed by atoms with Crippen LogP contribution in [-0.2, 0) is 4.74 Å². The Bertz CT molecular complexity index is 573. The molecule has 0 bridgehead atoms. The molecule has 1 unspecified atom stereocenters. The van der Waals surface area contributed by atoms with Crippen LogP contribution in [0.3, 0.4) is 0 Å². The smallest absolute Gasteiger partial charge is 0.0760 e. The van der Waals surface area contributed by atoms with Gasteiger partial charge in [-0.25, -0.2) is 0 Å². The molecule has 3 rings (SSSR count). The second kappa shape index (κ2) is 5.35. The van der Waals surface area contributed by atoms with Gasteiger partial charge in [0.1, 0.15) is 0 Å². The highest BCUT2D eigenvalue weighted by Gasteiger charge is 2.21. The van der Waals surface area contributed by atoms with Crippen molar-refractivity contribution >= 4 is 11.6 Å². The van der Waals surface area contributed by atoms with E-state index in [0.717, 1.165) is 48.0 Å². The topological polar surface area (TPSA) is 27.1 Å². The standard InChI is InChI=1S/C15H17ClN2O/c1-11-9-15(13-6-2-3-7-14(13)16)18(17-11)12-5-4-8-19-10-12/h2-3,6-7,9,12H,4-5,8,10H2,1H3. The number of halogens is 1. The Morgan fingerprint density at radius 2 is 2.21 bits per heavy atom. The average Bonchev–Trinajstić information content (AvgIpc) is 2.82. The van der Waals surface area contributed by atoms with Crippen molar-refractivity contribution < 1.29 is 4.74 Å². The maximum absolute atomic E-state index is 6.31. The Hall–Kier alpha value is -1.32. The number of nitrogens with zero attached hydrogens (tertiary/aromatic N) is 2. The SMILES string of the molecule is Cc1cc(-c2ccccc2Cl)n(C2CCCOC2)n1. The van der Waals surface area contributed by atoms with E-state index in [1.54, 1.807) is 0 Å². The average molecular weight is 277 g/mol. The molecule has 0 saturated carbocycles. The van der Waals surface area contributed by atoms with Crippen LogP contribution in [0.25, 0.3) is 11.3 Å². The summed E-state index contributed by atoms with van der Waals surface area (Å²) in [6.07, 6.45) is 2.20. The van der Waals surface area contributed by atoms with Gasteiger partial charge >= 0.3 is 0 Å². The molecule has 0 N–H and O–H groups in total. The van der Waals surface area contributed by atoms with Crippen LogP contribution in [0.5, 0.6) is 0 Å². The number of aromatic nitrogens is 2. The summed E-state index contributed by atoms with van der Waals surface area (Å²) in [4.78, 5) is 0. The molecule has 1 aromatic heterocycles. The lowest BCUT2D eigenvalue weighted by Crippen LogP contribution is -2.22. The van der Waals surface area contributed by atoms with Crippen LogP contribution >= 0.6 is 11.6 Å². The normalized spacial score (nSPS) is 19.6. The Balaban J connectivity index is 2.04. The third-order valence-corrected chi connectivity index (χ3v) is 3.82. The summed E-state index contributed by atoms with van der Waals surface area (Å²) in [5, 5.41) is 5.39. The van der Waals surface area contributed by atoms with Gasteiger partial charge in [0.25, 0.3) is 0 Å². The summed E-state index contributed by atoms with van der Waals surface area (Å²) < 4.78 is 7.65. The molecule has 1 saturated heterocycles. The fourth-order valence-corrected chi connectivity index (χ4v) is 2.81. The molecule has 0 radical (unpaired) electrons. The van der Waals surface area contributed by atoms with Crippen LogP contribution in [-0.4, -0.2) is 23.0 Å². The third kappa shape index (κ3) is 2.53. The zero-order valence-electron chi connectivity index (χ0n) is 11.0. The largest absolute Gasteiger partial charge is 0.379 e. The van der Waals surface area contributed by atoms with E-state index < -0.39 is 0 Å². The molecule has 2 heterocycles. The summed E-state index contributed by atoms with van der Waals surface area (Å²) in [6, 6.07) is 10.3. The highest BCUT2D eigenvalue weighted by Crippen LogP contribution is 2.31. The molecular formula is C15H17ClN2O. The maximum Gasteiger partial charge on any atom is 0.0760 e. The summed E-state index contributed by atoms with van der Waals surface area (Å²) >= 11 is 6.31. The van der Waals surface area contributed by atoms with Gasteiger partial charge in [-0.15, -0.1) is 0 Å². The van der Waals surface area contributed by atoms with E-state index in [2.05, 4.69) is 15.8 Å². The fraction of sp³-hybridized carbons (Fsp3) is 0.400. The van der Waals surface area contributed by atoms with Gasteiger partial charge in [-0.2, -0.15) is 5.10 Å². The van der Waals surface area contributed by atoms with Gasteiger partial charge in [-0.3, -0.25) is 4.68 Å². The minimum atomic E-state index is 0.314. The van der Waals surface area contributed by atoms with Crippen molar-refractivity contribution in [3.05, 3.63) is 41.0 Å². The van der Waals surface area contributed by atoms with Gasteiger partial charge < -0.3 is 4.74 Å². The van der Waals surface area contributed by atoms with E-state index >= 15 is 0 Å². The molecule has 1 aromatic carbocycles. The van der Waals surface area contributed by atoms with Crippen LogP contribution in [0, 0.1) is 6.92 Å². The first-order valence-corrected chi connectivity index (χ1v) is 7.02. The molecule has 0 aliphatic carbocycles. The van der Waals surface area contributed by atoms with Crippen molar-refractivity contribution in [2.75, 3.05) is 13.2 Å². The van der Waals surface area contributed by atoms with E-state index in [0.29, 0.717) is 6.04 Å². The van der Waals surface area contributed by atoms with E-state index in [1.807, 2.05) is 31.2 Å². The van der Waals surface area contributed by atoms with E-state index in [1.165, 1.54) is 0 Å². The molecule has 2 aromatic rings. The van der Waals surface area contributed by atoms with Gasteiger partial charge in [0, 0.05) is 17.2 Å². The minimum Gasteiger partial charge on any atom is -0.379 e. The summed E-state index contributed by atoms with van der Waals surface area (Å²) in [6.45, 7) is 3.61. The van der Waals surface area contributed by atoms with E-state index in [4.69, 9.17) is 16.3 Å². The highest BCUT2D eigenvalue weighted by atomic mass is 35.5. The number of hydrogen-bond donors (Lipinski definition) is 0. The monoisotopic (exact) mass is 276 g/mol. The third-order valence-electron chi connectivity index (χ3n) is 3.49. The first-order chi connectivity index (χ1) is 9.25. The van der Waals surface area contributed by atoms with Gasteiger partial charge in [0.15, 0.2) is 0 Å². The highest BCUT2D eigenvalue weighted by molar-refractivity contribution is 6.33. The molecule has 1 fully saturated rings. The lowest BCUT2D eigenvalue weighted by atomic mass is 10.1. The predicted molar refractivity (Wildman–Crippen MR) is 76.5 cm³/mol. The molecule has 3 nitrogen and oxygen atoms in total. The van der Waals surface area contributed by atoms with Crippen molar-refractivity contribution in [2.24, 2.45) is 0 Å². The van der Waals surface area contributed by atoms with Gasteiger partial charge in [-0.05, 0) is 31.9 Å². The van der Waals surface area contributed by atoms with Crippen molar-refractivity contribution in [3.63, 3.8) is 0 Å². The summed E-state index contributed by atoms with van der Waals surface area (Å²) in [5.74, 6) is 0. The number of rotatable bonds is 2. The van der Waals surface area contributed by atoms with Crippen molar-refractivity contribution in [1.82, 2.24) is 9.78 Å². The molecule has 0 spiro atoms. The van der Waals surface area contributed by atoms with Gasteiger partial charge in [-0.1, -0.05) is 29.8 Å². The minimum absolute atomic E-state index is 0.314. The molecule has 0 amide bonds. The van der Waals surface area contributed by atoms with Crippen LogP contribution in [0.4, 0.5) is 0 Å². The van der Waals surface area contributed by atoms with Crippen LogP contribution in [0.1, 0.15) is 24.6 Å². The maximum atomic E-state index is 6.31. The van der Waals surface area contributed by atoms with Gasteiger partial charge in [0.2, 0.25) is 0 Å². The first kappa shape index (κ1) is 12.7. The molecule has 100 valence electrons. The zero-order chi connectivity index (χ0) is 13.2. The van der Waals surface area contributed by atoms with Crippen molar-refractivity contribution in [2.45, 2.75) is 25.8 Å². The molecule has 1 atom stereocenters. The summed E-state index contributed by atoms with van der Waals surface area (Å²) in [5.41, 5.74) is 3.13. The van der Waals surface area contributed by atoms with Crippen LogP contribution < -0.4 is 0 Å². The lowest BCUT2D eigenvalue weighted by molar-refractivity contribution is 0.0554. The Labute approximate surface area is 118 Å². The lowest BCUT2D eigenvalue weighted by Gasteiger charge is -2.24. The Morgan fingerprint density at radius 1 is 1.37 bits per heavy atom. The molecular weight excluding hydrogens is 260 g/mol. The Morgan fingerprint density at radius 3 is 2.95 bits per heavy atom.